The van der Waals surface area contributed by atoms with Gasteiger partial charge in [0.15, 0.2) is 6.61 Å². The van der Waals surface area contributed by atoms with Gasteiger partial charge in [-0.25, -0.2) is 8.42 Å². The Labute approximate surface area is 186 Å². The average Bonchev–Trinajstić information content (AvgIpc) is 2.74. The van der Waals surface area contributed by atoms with Crippen molar-refractivity contribution in [2.75, 3.05) is 25.0 Å². The number of hydrogen-bond donors (Lipinski definition) is 2. The summed E-state index contributed by atoms with van der Waals surface area (Å²) in [5.41, 5.74) is 6.43. The summed E-state index contributed by atoms with van der Waals surface area (Å²) >= 11 is 6.20. The zero-order valence-electron chi connectivity index (χ0n) is 16.8. The number of nitrogens with zero attached hydrogens (tertiary/aromatic N) is 1. The number of primary amides is 1. The maximum Gasteiger partial charge on any atom is 0.262 e. The molecule has 1 saturated heterocycles. The van der Waals surface area contributed by atoms with E-state index < -0.39 is 21.8 Å². The first-order chi connectivity index (χ1) is 14.8. The van der Waals surface area contributed by atoms with Gasteiger partial charge in [-0.1, -0.05) is 30.2 Å². The Morgan fingerprint density at radius 3 is 2.35 bits per heavy atom. The monoisotopic (exact) mass is 465 g/mol. The van der Waals surface area contributed by atoms with Crippen molar-refractivity contribution < 1.29 is 22.7 Å². The Balaban J connectivity index is 1.57. The molecule has 10 heteroatoms. The van der Waals surface area contributed by atoms with Crippen molar-refractivity contribution >= 4 is 39.1 Å². The summed E-state index contributed by atoms with van der Waals surface area (Å²) < 4.78 is 32.4. The second-order valence-corrected chi connectivity index (χ2v) is 9.58. The van der Waals surface area contributed by atoms with Crippen molar-refractivity contribution in [2.24, 2.45) is 5.73 Å². The van der Waals surface area contributed by atoms with E-state index in [0.717, 1.165) is 24.8 Å². The van der Waals surface area contributed by atoms with Crippen molar-refractivity contribution in [1.82, 2.24) is 4.31 Å². The Bertz CT molecular complexity index is 1050. The van der Waals surface area contributed by atoms with Crippen LogP contribution in [0.25, 0.3) is 0 Å². The third kappa shape index (κ3) is 6.19. The first kappa shape index (κ1) is 23.1. The van der Waals surface area contributed by atoms with Gasteiger partial charge >= 0.3 is 0 Å². The number of nitrogens with two attached hydrogens (primary N) is 1. The highest BCUT2D eigenvalue weighted by Crippen LogP contribution is 2.29. The molecule has 2 aromatic rings. The van der Waals surface area contributed by atoms with Crippen LogP contribution in [0.3, 0.4) is 0 Å². The summed E-state index contributed by atoms with van der Waals surface area (Å²) in [6.45, 7) is 0.699. The molecule has 0 aromatic heterocycles. The molecule has 1 aliphatic rings. The molecule has 0 unspecified atom stereocenters. The van der Waals surface area contributed by atoms with Crippen LogP contribution in [-0.4, -0.2) is 44.2 Å². The molecule has 1 fully saturated rings. The molecule has 2 amide bonds. The van der Waals surface area contributed by atoms with Crippen LogP contribution in [0.4, 0.5) is 5.69 Å². The van der Waals surface area contributed by atoms with Crippen molar-refractivity contribution in [3.05, 3.63) is 53.1 Å². The SMILES string of the molecule is NC(=O)Cc1ccc(NC(=O)COc2ccc(S(=O)(=O)N3CCCCC3)cc2Cl)cc1. The molecule has 0 aliphatic carbocycles. The predicted molar refractivity (Wildman–Crippen MR) is 118 cm³/mol. The number of halogens is 1. The third-order valence-corrected chi connectivity index (χ3v) is 7.02. The smallest absolute Gasteiger partial charge is 0.262 e. The van der Waals surface area contributed by atoms with E-state index >= 15 is 0 Å². The van der Waals surface area contributed by atoms with Crippen LogP contribution in [0.2, 0.25) is 5.02 Å². The number of sulfonamides is 1. The number of piperidine rings is 1. The maximum atomic E-state index is 12.7. The van der Waals surface area contributed by atoms with E-state index in [1.54, 1.807) is 24.3 Å². The van der Waals surface area contributed by atoms with E-state index in [2.05, 4.69) is 5.32 Å². The molecule has 2 aromatic carbocycles. The summed E-state index contributed by atoms with van der Waals surface area (Å²) in [6.07, 6.45) is 2.84. The van der Waals surface area contributed by atoms with E-state index in [1.807, 2.05) is 0 Å². The summed E-state index contributed by atoms with van der Waals surface area (Å²) in [4.78, 5) is 23.2. The van der Waals surface area contributed by atoms with Crippen LogP contribution >= 0.6 is 11.6 Å². The van der Waals surface area contributed by atoms with Crippen molar-refractivity contribution in [3.63, 3.8) is 0 Å². The van der Waals surface area contributed by atoms with Crippen LogP contribution in [0, 0.1) is 0 Å². The number of carbonyl (C=O) groups excluding carboxylic acids is 2. The lowest BCUT2D eigenvalue weighted by molar-refractivity contribution is -0.118. The summed E-state index contributed by atoms with van der Waals surface area (Å²) in [5.74, 6) is -0.633. The number of hydrogen-bond acceptors (Lipinski definition) is 5. The van der Waals surface area contributed by atoms with Crippen LogP contribution in [-0.2, 0) is 26.0 Å². The van der Waals surface area contributed by atoms with Crippen LogP contribution in [0.15, 0.2) is 47.4 Å². The van der Waals surface area contributed by atoms with Gasteiger partial charge in [0.2, 0.25) is 15.9 Å². The fourth-order valence-corrected chi connectivity index (χ4v) is 5.10. The Hall–Kier alpha value is -2.62. The van der Waals surface area contributed by atoms with Gasteiger partial charge in [0.05, 0.1) is 16.3 Å². The number of anilines is 1. The summed E-state index contributed by atoms with van der Waals surface area (Å²) in [6, 6.07) is 10.9. The molecule has 166 valence electrons. The predicted octanol–water partition coefficient (Wildman–Crippen LogP) is 2.56. The molecule has 31 heavy (non-hydrogen) atoms. The van der Waals surface area contributed by atoms with Gasteiger partial charge in [0.25, 0.3) is 5.91 Å². The maximum absolute atomic E-state index is 12.7. The average molecular weight is 466 g/mol. The van der Waals surface area contributed by atoms with E-state index in [0.29, 0.717) is 18.8 Å². The third-order valence-electron chi connectivity index (χ3n) is 4.83. The van der Waals surface area contributed by atoms with Crippen molar-refractivity contribution in [1.29, 1.82) is 0 Å². The first-order valence-electron chi connectivity index (χ1n) is 9.85. The molecule has 3 rings (SSSR count). The van der Waals surface area contributed by atoms with E-state index in [4.69, 9.17) is 22.1 Å². The molecular formula is C21H24ClN3O5S. The highest BCUT2D eigenvalue weighted by atomic mass is 35.5. The van der Waals surface area contributed by atoms with Crippen LogP contribution in [0.5, 0.6) is 5.75 Å². The van der Waals surface area contributed by atoms with E-state index in [9.17, 15) is 18.0 Å². The zero-order chi connectivity index (χ0) is 22.4. The molecule has 1 aliphatic heterocycles. The summed E-state index contributed by atoms with van der Waals surface area (Å²) in [7, 11) is -3.60. The van der Waals surface area contributed by atoms with Crippen molar-refractivity contribution in [3.8, 4) is 5.75 Å². The lowest BCUT2D eigenvalue weighted by atomic mass is 10.1. The number of nitrogens with one attached hydrogen (secondary N) is 1. The van der Waals surface area contributed by atoms with Crippen molar-refractivity contribution in [2.45, 2.75) is 30.6 Å². The zero-order valence-corrected chi connectivity index (χ0v) is 18.4. The molecule has 8 nitrogen and oxygen atoms in total. The molecule has 0 bridgehead atoms. The molecule has 1 heterocycles. The largest absolute Gasteiger partial charge is 0.482 e. The topological polar surface area (TPSA) is 119 Å². The van der Waals surface area contributed by atoms with Gasteiger partial charge < -0.3 is 15.8 Å². The standard InChI is InChI=1S/C21H24ClN3O5S/c22-18-13-17(31(28,29)25-10-2-1-3-11-25)8-9-19(18)30-14-21(27)24-16-6-4-15(5-7-16)12-20(23)26/h4-9,13H,1-3,10-12,14H2,(H2,23,26)(H,24,27). The Morgan fingerprint density at radius 1 is 1.06 bits per heavy atom. The van der Waals surface area contributed by atoms with Crippen LogP contribution in [0.1, 0.15) is 24.8 Å². The second kappa shape index (κ2) is 10.1. The van der Waals surface area contributed by atoms with Gasteiger partial charge in [-0.15, -0.1) is 0 Å². The summed E-state index contributed by atoms with van der Waals surface area (Å²) in [5, 5.41) is 2.78. The Kier molecular flexibility index (Phi) is 7.53. The normalized spacial score (nSPS) is 14.7. The highest BCUT2D eigenvalue weighted by molar-refractivity contribution is 7.89. The fourth-order valence-electron chi connectivity index (χ4n) is 3.26. The molecule has 0 spiro atoms. The number of carbonyl (C=O) groups is 2. The van der Waals surface area contributed by atoms with Gasteiger partial charge in [-0.05, 0) is 48.7 Å². The molecular weight excluding hydrogens is 442 g/mol. The van der Waals surface area contributed by atoms with E-state index in [-0.39, 0.29) is 28.7 Å². The highest BCUT2D eigenvalue weighted by Gasteiger charge is 2.26. The van der Waals surface area contributed by atoms with E-state index in [1.165, 1.54) is 22.5 Å². The minimum Gasteiger partial charge on any atom is -0.482 e. The Morgan fingerprint density at radius 2 is 1.74 bits per heavy atom. The van der Waals surface area contributed by atoms with Gasteiger partial charge in [0.1, 0.15) is 5.75 Å². The molecule has 0 atom stereocenters. The van der Waals surface area contributed by atoms with Gasteiger partial charge in [0, 0.05) is 18.8 Å². The number of benzene rings is 2. The first-order valence-corrected chi connectivity index (χ1v) is 11.7. The number of rotatable bonds is 8. The van der Waals surface area contributed by atoms with Gasteiger partial charge in [-0.2, -0.15) is 4.31 Å². The second-order valence-electron chi connectivity index (χ2n) is 7.23. The molecule has 0 radical (unpaired) electrons. The quantitative estimate of drug-likeness (QED) is 0.621. The number of ether oxygens (including phenoxy) is 1. The number of amides is 2. The fraction of sp³-hybridized carbons (Fsp3) is 0.333. The minimum absolute atomic E-state index is 0.104. The van der Waals surface area contributed by atoms with Crippen LogP contribution < -0.4 is 15.8 Å². The van der Waals surface area contributed by atoms with Gasteiger partial charge in [-0.3, -0.25) is 9.59 Å². The molecule has 3 N–H and O–H groups in total. The minimum atomic E-state index is -3.60. The molecule has 0 saturated carbocycles. The lowest BCUT2D eigenvalue weighted by Crippen LogP contribution is -2.35. The lowest BCUT2D eigenvalue weighted by Gasteiger charge is -2.26.